The number of H-pyrrole nitrogens is 1. The molecule has 1 fully saturated rings. The first-order chi connectivity index (χ1) is 26.6. The van der Waals surface area contributed by atoms with Crippen LogP contribution in [0.2, 0.25) is 0 Å². The third kappa shape index (κ3) is 9.83. The molecule has 1 saturated heterocycles. The van der Waals surface area contributed by atoms with Crippen LogP contribution in [0, 0.1) is 17.7 Å². The van der Waals surface area contributed by atoms with E-state index in [1.807, 2.05) is 20.8 Å². The summed E-state index contributed by atoms with van der Waals surface area (Å²) in [5, 5.41) is 12.8. The van der Waals surface area contributed by atoms with Gasteiger partial charge in [-0.2, -0.15) is 13.2 Å². The maximum Gasteiger partial charge on any atom is 0.417 e. The van der Waals surface area contributed by atoms with Crippen LogP contribution in [0.5, 0.6) is 0 Å². The van der Waals surface area contributed by atoms with E-state index in [4.69, 9.17) is 4.74 Å². The number of alkyl halides is 3. The fourth-order valence-corrected chi connectivity index (χ4v) is 6.63. The van der Waals surface area contributed by atoms with Gasteiger partial charge in [0.05, 0.1) is 41.9 Å². The van der Waals surface area contributed by atoms with Crippen molar-refractivity contribution in [3.05, 3.63) is 82.8 Å². The highest BCUT2D eigenvalue weighted by Gasteiger charge is 2.40. The Hall–Kier alpha value is -5.94. The molecule has 0 bridgehead atoms. The summed E-state index contributed by atoms with van der Waals surface area (Å²) in [7, 11) is 2.71. The van der Waals surface area contributed by atoms with E-state index in [2.05, 4.69) is 41.5 Å². The normalized spacial score (nSPS) is 17.4. The minimum atomic E-state index is -4.87. The summed E-state index contributed by atoms with van der Waals surface area (Å²) in [5.41, 5.74) is -0.446. The molecule has 3 atom stereocenters. The second-order valence-electron chi connectivity index (χ2n) is 14.0. The Morgan fingerprint density at radius 3 is 2.39 bits per heavy atom. The number of allylic oxidation sites excluding steroid dienone is 4. The molecule has 5 amide bonds. The van der Waals surface area contributed by atoms with Crippen molar-refractivity contribution in [1.29, 1.82) is 0 Å². The highest BCUT2D eigenvalue weighted by Crippen LogP contribution is 2.42. The third-order valence-corrected chi connectivity index (χ3v) is 9.57. The van der Waals surface area contributed by atoms with Crippen molar-refractivity contribution in [3.63, 3.8) is 0 Å². The van der Waals surface area contributed by atoms with Gasteiger partial charge in [0.15, 0.2) is 0 Å². The third-order valence-electron chi connectivity index (χ3n) is 9.57. The van der Waals surface area contributed by atoms with Gasteiger partial charge in [-0.15, -0.1) is 0 Å². The van der Waals surface area contributed by atoms with Crippen LogP contribution in [0.4, 0.5) is 38.7 Å². The lowest BCUT2D eigenvalue weighted by molar-refractivity contribution is -0.138. The summed E-state index contributed by atoms with van der Waals surface area (Å²) in [5.74, 6) is -1.28. The molecule has 14 nitrogen and oxygen atoms in total. The number of nitrogens with zero attached hydrogens (tertiary/aromatic N) is 3. The van der Waals surface area contributed by atoms with Gasteiger partial charge in [-0.3, -0.25) is 9.59 Å². The van der Waals surface area contributed by atoms with Crippen molar-refractivity contribution in [2.75, 3.05) is 44.4 Å². The first-order valence-electron chi connectivity index (χ1n) is 18.1. The number of carbonyl (C=O) groups excluding carboxylic acids is 4. The van der Waals surface area contributed by atoms with Crippen molar-refractivity contribution in [2.24, 2.45) is 11.8 Å². The Kier molecular flexibility index (Phi) is 13.0. The van der Waals surface area contributed by atoms with Gasteiger partial charge >= 0.3 is 18.3 Å². The number of carbonyl (C=O) groups is 4. The Morgan fingerprint density at radius 1 is 1.04 bits per heavy atom. The first-order valence-corrected chi connectivity index (χ1v) is 18.1. The molecular formula is C38H45F4N9O5. The predicted octanol–water partition coefficient (Wildman–Crippen LogP) is 6.11. The average Bonchev–Trinajstić information content (AvgIpc) is 3.82. The highest BCUT2D eigenvalue weighted by molar-refractivity contribution is 6.04. The van der Waals surface area contributed by atoms with Crippen LogP contribution >= 0.6 is 0 Å². The number of alkyl carbamates (subject to hydrolysis) is 1. The number of halogens is 4. The number of likely N-dealkylation sites (tertiary alicyclic amines) is 1. The highest BCUT2D eigenvalue weighted by atomic mass is 19.4. The standard InChI is InChI=1S/C38H45F4N9O5/c1-20(2)32(50-37(55)56-5)35(53)51-19-21(3)14-30(51)33-47-18-29(48-33)23-8-6-22(7-9-23)25-15-27(39)28(16-26(25)38(40,41)42)49-34(52)24-10-11-31(46-17-24)44-12-13-45-36(54)43-4/h6,8,10-11,15-18,20-21,30,32H,7,9,12-14,19H2,1-5H3,(H,44,46)(H,47,48)(H,49,52)(H,50,55)(H2,43,45,54). The van der Waals surface area contributed by atoms with E-state index in [9.17, 15) is 32.3 Å². The SMILES string of the molecule is CNC(=O)NCCNc1ccc(C(=O)Nc2cc(C(F)(F)F)c(C3=CC=C(c4cnc(C5CC(C)CN5C(=O)C(NC(=O)OC)C(C)C)[nH]4)CC3)cc2F)cn1. The molecule has 0 spiro atoms. The van der Waals surface area contributed by atoms with E-state index < -0.39 is 41.3 Å². The molecular weight excluding hydrogens is 738 g/mol. The van der Waals surface area contributed by atoms with Gasteiger partial charge in [0.1, 0.15) is 23.5 Å². The number of aromatic nitrogens is 3. The predicted molar refractivity (Wildman–Crippen MR) is 201 cm³/mol. The lowest BCUT2D eigenvalue weighted by Gasteiger charge is -2.30. The largest absolute Gasteiger partial charge is 0.453 e. The van der Waals surface area contributed by atoms with E-state index in [1.54, 1.807) is 17.2 Å². The quantitative estimate of drug-likeness (QED) is 0.0941. The summed E-state index contributed by atoms with van der Waals surface area (Å²) in [6.45, 7) is 6.76. The number of aromatic amines is 1. The molecule has 1 aliphatic carbocycles. The monoisotopic (exact) mass is 783 g/mol. The van der Waals surface area contributed by atoms with Gasteiger partial charge in [-0.25, -0.2) is 23.9 Å². The molecule has 3 heterocycles. The lowest BCUT2D eigenvalue weighted by Crippen LogP contribution is -2.51. The van der Waals surface area contributed by atoms with E-state index in [0.29, 0.717) is 55.9 Å². The van der Waals surface area contributed by atoms with Crippen molar-refractivity contribution in [2.45, 2.75) is 58.3 Å². The number of hydrogen-bond acceptors (Lipinski definition) is 8. The minimum absolute atomic E-state index is 0.0113. The second kappa shape index (κ2) is 17.7. The fraction of sp³-hybridized carbons (Fsp3) is 0.421. The van der Waals surface area contributed by atoms with Crippen molar-refractivity contribution in [3.8, 4) is 0 Å². The number of urea groups is 1. The zero-order valence-electron chi connectivity index (χ0n) is 31.6. The number of anilines is 2. The topological polar surface area (TPSA) is 182 Å². The van der Waals surface area contributed by atoms with Gasteiger partial charge < -0.3 is 41.2 Å². The van der Waals surface area contributed by atoms with Crippen molar-refractivity contribution in [1.82, 2.24) is 35.8 Å². The Balaban J connectivity index is 1.30. The molecule has 5 rings (SSSR count). The summed E-state index contributed by atoms with van der Waals surface area (Å²) in [4.78, 5) is 63.4. The molecule has 0 radical (unpaired) electrons. The Labute approximate surface area is 320 Å². The molecule has 6 N–H and O–H groups in total. The van der Waals surface area contributed by atoms with Crippen LogP contribution in [0.15, 0.2) is 48.8 Å². The van der Waals surface area contributed by atoms with E-state index in [-0.39, 0.29) is 52.9 Å². The smallest absolute Gasteiger partial charge is 0.417 e. The molecule has 56 heavy (non-hydrogen) atoms. The van der Waals surface area contributed by atoms with Crippen LogP contribution in [0.25, 0.3) is 11.1 Å². The lowest BCUT2D eigenvalue weighted by atomic mass is 9.89. The number of benzene rings is 1. The van der Waals surface area contributed by atoms with E-state index >= 15 is 4.39 Å². The molecule has 300 valence electrons. The maximum absolute atomic E-state index is 15.4. The zero-order chi connectivity index (χ0) is 40.7. The van der Waals surface area contributed by atoms with Gasteiger partial charge in [-0.1, -0.05) is 32.9 Å². The van der Waals surface area contributed by atoms with Gasteiger partial charge in [0.25, 0.3) is 5.91 Å². The summed E-state index contributed by atoms with van der Waals surface area (Å²) < 4.78 is 63.3. The van der Waals surface area contributed by atoms with Gasteiger partial charge in [0.2, 0.25) is 5.91 Å². The van der Waals surface area contributed by atoms with Gasteiger partial charge in [0, 0.05) is 32.9 Å². The average molecular weight is 784 g/mol. The molecule has 1 aromatic carbocycles. The Morgan fingerprint density at radius 2 is 1.77 bits per heavy atom. The zero-order valence-corrected chi connectivity index (χ0v) is 31.6. The first kappa shape index (κ1) is 41.2. The summed E-state index contributed by atoms with van der Waals surface area (Å²) in [6.07, 6.45) is 1.50. The van der Waals surface area contributed by atoms with E-state index in [1.165, 1.54) is 38.6 Å². The Bertz CT molecular complexity index is 2000. The number of ether oxygens (including phenoxy) is 1. The molecule has 0 saturated carbocycles. The number of rotatable bonds is 12. The molecule has 2 aliphatic rings. The number of amides is 5. The number of hydrogen-bond donors (Lipinski definition) is 6. The van der Waals surface area contributed by atoms with E-state index in [0.717, 1.165) is 11.6 Å². The van der Waals surface area contributed by atoms with Crippen molar-refractivity contribution < 1.29 is 41.5 Å². The van der Waals surface area contributed by atoms with Crippen LogP contribution in [0.3, 0.4) is 0 Å². The maximum atomic E-state index is 15.4. The van der Waals surface area contributed by atoms with Crippen LogP contribution in [-0.2, 0) is 15.7 Å². The van der Waals surface area contributed by atoms with Crippen LogP contribution in [-0.4, -0.2) is 83.6 Å². The number of imidazole rings is 1. The van der Waals surface area contributed by atoms with Crippen molar-refractivity contribution >= 4 is 46.6 Å². The number of methoxy groups -OCH3 is 1. The van der Waals surface area contributed by atoms with Gasteiger partial charge in [-0.05, 0) is 72.1 Å². The minimum Gasteiger partial charge on any atom is -0.453 e. The van der Waals surface area contributed by atoms with Crippen LogP contribution < -0.4 is 26.6 Å². The molecule has 1 aliphatic heterocycles. The summed E-state index contributed by atoms with van der Waals surface area (Å²) >= 11 is 0. The molecule has 18 heteroatoms. The molecule has 3 unspecified atom stereocenters. The summed E-state index contributed by atoms with van der Waals surface area (Å²) in [6, 6.07) is 2.67. The number of nitrogens with one attached hydrogen (secondary N) is 6. The molecule has 2 aromatic heterocycles. The van der Waals surface area contributed by atoms with Crippen LogP contribution in [0.1, 0.15) is 79.1 Å². The fourth-order valence-electron chi connectivity index (χ4n) is 6.63. The molecule has 3 aromatic rings. The second-order valence-corrected chi connectivity index (χ2v) is 14.0. The number of pyridine rings is 1.